The fourth-order valence-corrected chi connectivity index (χ4v) is 3.94. The van der Waals surface area contributed by atoms with Crippen LogP contribution in [0.25, 0.3) is 5.69 Å². The molecule has 0 aliphatic carbocycles. The number of amides is 1. The van der Waals surface area contributed by atoms with Gasteiger partial charge < -0.3 is 5.32 Å². The Hall–Kier alpha value is -2.70. The lowest BCUT2D eigenvalue weighted by atomic mass is 10.0. The highest BCUT2D eigenvalue weighted by Crippen LogP contribution is 2.25. The summed E-state index contributed by atoms with van der Waals surface area (Å²) in [4.78, 5) is 15.3. The molecule has 2 aromatic carbocycles. The van der Waals surface area contributed by atoms with E-state index in [1.807, 2.05) is 18.2 Å². The first-order valence-corrected chi connectivity index (χ1v) is 10.4. The molecule has 1 unspecified atom stereocenters. The monoisotopic (exact) mass is 428 g/mol. The molecule has 30 heavy (non-hydrogen) atoms. The maximum Gasteiger partial charge on any atom is 0.256 e. The number of hydrogen-bond donors (Lipinski definition) is 1. The molecule has 0 spiro atoms. The van der Waals surface area contributed by atoms with Crippen LogP contribution in [0.3, 0.4) is 0 Å². The number of hydrogen-bond acceptors (Lipinski definition) is 3. The molecule has 3 rings (SSSR count). The van der Waals surface area contributed by atoms with E-state index in [-0.39, 0.29) is 22.9 Å². The second-order valence-electron chi connectivity index (χ2n) is 7.00. The Balaban J connectivity index is 1.82. The summed E-state index contributed by atoms with van der Waals surface area (Å²) >= 11 is 6.48. The number of nitrogens with zero attached hydrogens (tertiary/aromatic N) is 3. The van der Waals surface area contributed by atoms with E-state index in [0.717, 1.165) is 18.7 Å². The number of aromatic nitrogens is 2. The SMILES string of the molecule is CCN(CC)C(CNC(=O)c1c(C)nn(-c2ccc(F)cc2)c1Cl)c1ccccc1. The van der Waals surface area contributed by atoms with E-state index >= 15 is 0 Å². The largest absolute Gasteiger partial charge is 0.350 e. The van der Waals surface area contributed by atoms with E-state index in [2.05, 4.69) is 41.3 Å². The van der Waals surface area contributed by atoms with Crippen LogP contribution in [0.2, 0.25) is 5.15 Å². The number of benzene rings is 2. The minimum Gasteiger partial charge on any atom is -0.350 e. The molecular weight excluding hydrogens is 403 g/mol. The van der Waals surface area contributed by atoms with Gasteiger partial charge in [0.2, 0.25) is 0 Å². The normalized spacial score (nSPS) is 12.2. The maximum absolute atomic E-state index is 13.2. The van der Waals surface area contributed by atoms with Gasteiger partial charge in [-0.3, -0.25) is 9.69 Å². The van der Waals surface area contributed by atoms with Crippen LogP contribution in [-0.4, -0.2) is 40.2 Å². The highest BCUT2D eigenvalue weighted by molar-refractivity contribution is 6.33. The minimum absolute atomic E-state index is 0.0522. The Kier molecular flexibility index (Phi) is 7.24. The second-order valence-corrected chi connectivity index (χ2v) is 7.36. The Morgan fingerprint density at radius 2 is 1.77 bits per heavy atom. The maximum atomic E-state index is 13.2. The highest BCUT2D eigenvalue weighted by atomic mass is 35.5. The fourth-order valence-electron chi connectivity index (χ4n) is 3.59. The van der Waals surface area contributed by atoms with Crippen LogP contribution in [0.1, 0.15) is 41.5 Å². The topological polar surface area (TPSA) is 50.2 Å². The van der Waals surface area contributed by atoms with Crippen LogP contribution < -0.4 is 5.32 Å². The number of nitrogens with one attached hydrogen (secondary N) is 1. The lowest BCUT2D eigenvalue weighted by molar-refractivity contribution is 0.0934. The van der Waals surface area contributed by atoms with E-state index in [0.29, 0.717) is 23.5 Å². The van der Waals surface area contributed by atoms with Crippen molar-refractivity contribution >= 4 is 17.5 Å². The molecule has 0 saturated heterocycles. The molecule has 1 atom stereocenters. The van der Waals surface area contributed by atoms with Gasteiger partial charge in [-0.15, -0.1) is 0 Å². The van der Waals surface area contributed by atoms with Gasteiger partial charge >= 0.3 is 0 Å². The molecule has 0 saturated carbocycles. The van der Waals surface area contributed by atoms with Crippen LogP contribution in [0.5, 0.6) is 0 Å². The minimum atomic E-state index is -0.347. The van der Waals surface area contributed by atoms with Gasteiger partial charge in [0, 0.05) is 6.54 Å². The molecule has 0 aliphatic heterocycles. The first-order chi connectivity index (χ1) is 14.5. The second kappa shape index (κ2) is 9.87. The first kappa shape index (κ1) is 22.0. The van der Waals surface area contributed by atoms with Crippen molar-refractivity contribution in [2.45, 2.75) is 26.8 Å². The Morgan fingerprint density at radius 3 is 2.37 bits per heavy atom. The molecule has 1 N–H and O–H groups in total. The molecule has 7 heteroatoms. The van der Waals surface area contributed by atoms with Gasteiger partial charge in [0.25, 0.3) is 5.91 Å². The Morgan fingerprint density at radius 1 is 1.13 bits per heavy atom. The number of carbonyl (C=O) groups excluding carboxylic acids is 1. The molecule has 158 valence electrons. The van der Waals surface area contributed by atoms with E-state index in [1.54, 1.807) is 19.1 Å². The van der Waals surface area contributed by atoms with E-state index < -0.39 is 0 Å². The molecule has 1 heterocycles. The average molecular weight is 429 g/mol. The van der Waals surface area contributed by atoms with Gasteiger partial charge in [0.05, 0.1) is 23.0 Å². The molecule has 1 amide bonds. The average Bonchev–Trinajstić information content (AvgIpc) is 3.06. The van der Waals surface area contributed by atoms with Crippen molar-refractivity contribution in [3.05, 3.63) is 82.4 Å². The van der Waals surface area contributed by atoms with Gasteiger partial charge in [0.15, 0.2) is 0 Å². The summed E-state index contributed by atoms with van der Waals surface area (Å²) in [7, 11) is 0. The van der Waals surface area contributed by atoms with Crippen molar-refractivity contribution in [3.63, 3.8) is 0 Å². The third-order valence-electron chi connectivity index (χ3n) is 5.20. The number of halogens is 2. The summed E-state index contributed by atoms with van der Waals surface area (Å²) in [5, 5.41) is 7.60. The lowest BCUT2D eigenvalue weighted by Crippen LogP contribution is -2.38. The van der Waals surface area contributed by atoms with Crippen molar-refractivity contribution in [1.82, 2.24) is 20.0 Å². The van der Waals surface area contributed by atoms with Gasteiger partial charge in [0.1, 0.15) is 11.0 Å². The van der Waals surface area contributed by atoms with Gasteiger partial charge in [-0.05, 0) is 49.8 Å². The molecular formula is C23H26ClFN4O. The van der Waals surface area contributed by atoms with Crippen LogP contribution in [0.4, 0.5) is 4.39 Å². The number of likely N-dealkylation sites (N-methyl/N-ethyl adjacent to an activating group) is 1. The van der Waals surface area contributed by atoms with E-state index in [9.17, 15) is 9.18 Å². The van der Waals surface area contributed by atoms with Crippen molar-refractivity contribution in [2.24, 2.45) is 0 Å². The summed E-state index contributed by atoms with van der Waals surface area (Å²) in [6.07, 6.45) is 0. The van der Waals surface area contributed by atoms with Crippen LogP contribution in [-0.2, 0) is 0 Å². The highest BCUT2D eigenvalue weighted by Gasteiger charge is 2.24. The molecule has 0 fully saturated rings. The predicted molar refractivity (Wildman–Crippen MR) is 118 cm³/mol. The molecule has 1 aromatic heterocycles. The lowest BCUT2D eigenvalue weighted by Gasteiger charge is -2.30. The van der Waals surface area contributed by atoms with Crippen molar-refractivity contribution < 1.29 is 9.18 Å². The summed E-state index contributed by atoms with van der Waals surface area (Å²) in [6, 6.07) is 16.0. The fraction of sp³-hybridized carbons (Fsp3) is 0.304. The molecule has 3 aromatic rings. The molecule has 5 nitrogen and oxygen atoms in total. The Bertz CT molecular complexity index is 984. The van der Waals surface area contributed by atoms with Gasteiger partial charge in [-0.25, -0.2) is 9.07 Å². The summed E-state index contributed by atoms with van der Waals surface area (Å²) < 4.78 is 14.7. The van der Waals surface area contributed by atoms with Crippen LogP contribution in [0, 0.1) is 12.7 Å². The van der Waals surface area contributed by atoms with Crippen molar-refractivity contribution in [3.8, 4) is 5.69 Å². The zero-order chi connectivity index (χ0) is 21.7. The predicted octanol–water partition coefficient (Wildman–Crippen LogP) is 4.79. The van der Waals surface area contributed by atoms with Crippen LogP contribution >= 0.6 is 11.6 Å². The van der Waals surface area contributed by atoms with Crippen molar-refractivity contribution in [1.29, 1.82) is 0 Å². The molecule has 0 bridgehead atoms. The van der Waals surface area contributed by atoms with E-state index in [4.69, 9.17) is 11.6 Å². The third-order valence-corrected chi connectivity index (χ3v) is 5.54. The first-order valence-electron chi connectivity index (χ1n) is 10.0. The van der Waals surface area contributed by atoms with Gasteiger partial charge in [-0.2, -0.15) is 5.10 Å². The standard InChI is InChI=1S/C23H26ClFN4O/c1-4-28(5-2)20(17-9-7-6-8-10-17)15-26-23(30)21-16(3)27-29(22(21)24)19-13-11-18(25)12-14-19/h6-14,20H,4-5,15H2,1-3H3,(H,26,30). The smallest absolute Gasteiger partial charge is 0.256 e. The Labute approximate surface area is 181 Å². The summed E-state index contributed by atoms with van der Waals surface area (Å²) in [5.41, 5.74) is 2.58. The quantitative estimate of drug-likeness (QED) is 0.561. The number of aryl methyl sites for hydroxylation is 1. The zero-order valence-electron chi connectivity index (χ0n) is 17.4. The third kappa shape index (κ3) is 4.71. The molecule has 0 radical (unpaired) electrons. The number of carbonyl (C=O) groups is 1. The summed E-state index contributed by atoms with van der Waals surface area (Å²) in [5.74, 6) is -0.626. The van der Waals surface area contributed by atoms with E-state index in [1.165, 1.54) is 16.8 Å². The zero-order valence-corrected chi connectivity index (χ0v) is 18.2. The molecule has 0 aliphatic rings. The number of rotatable bonds is 8. The van der Waals surface area contributed by atoms with Crippen LogP contribution in [0.15, 0.2) is 54.6 Å². The van der Waals surface area contributed by atoms with Gasteiger partial charge in [-0.1, -0.05) is 55.8 Å². The van der Waals surface area contributed by atoms with Crippen molar-refractivity contribution in [2.75, 3.05) is 19.6 Å². The summed E-state index contributed by atoms with van der Waals surface area (Å²) in [6.45, 7) is 8.13.